The molecule has 0 saturated heterocycles. The Morgan fingerprint density at radius 1 is 1.62 bits per heavy atom. The number of thiazole rings is 1. The third-order valence-corrected chi connectivity index (χ3v) is 2.84. The zero-order valence-electron chi connectivity index (χ0n) is 8.98. The molecule has 84 valence electrons. The van der Waals surface area contributed by atoms with Crippen molar-refractivity contribution in [1.29, 1.82) is 0 Å². The summed E-state index contributed by atoms with van der Waals surface area (Å²) in [7, 11) is 0. The third-order valence-electron chi connectivity index (χ3n) is 2.15. The Morgan fingerprint density at radius 2 is 2.44 bits per heavy atom. The Hall–Kier alpha value is -1.69. The van der Waals surface area contributed by atoms with Crippen LogP contribution in [0, 0.1) is 6.92 Å². The summed E-state index contributed by atoms with van der Waals surface area (Å²) in [5.74, 6) is 0.316. The first-order valence-electron chi connectivity index (χ1n) is 4.88. The minimum atomic E-state index is -0.217. The molecule has 0 fully saturated rings. The number of aromatic nitrogens is 2. The molecule has 2 rings (SSSR count). The fraction of sp³-hybridized carbons (Fsp3) is 0.300. The van der Waals surface area contributed by atoms with Crippen molar-refractivity contribution < 1.29 is 9.32 Å². The van der Waals surface area contributed by atoms with Crippen LogP contribution in [-0.2, 0) is 6.42 Å². The van der Waals surface area contributed by atoms with E-state index in [9.17, 15) is 4.79 Å². The van der Waals surface area contributed by atoms with Crippen molar-refractivity contribution in [2.75, 3.05) is 5.32 Å². The average molecular weight is 237 g/mol. The van der Waals surface area contributed by atoms with Gasteiger partial charge in [0.2, 0.25) is 0 Å². The molecule has 0 aliphatic heterocycles. The molecule has 5 nitrogen and oxygen atoms in total. The van der Waals surface area contributed by atoms with Gasteiger partial charge in [0.05, 0.1) is 5.69 Å². The second kappa shape index (κ2) is 4.44. The van der Waals surface area contributed by atoms with Gasteiger partial charge in [-0.05, 0) is 13.3 Å². The van der Waals surface area contributed by atoms with Gasteiger partial charge in [0.1, 0.15) is 11.3 Å². The van der Waals surface area contributed by atoms with Gasteiger partial charge in [-0.2, -0.15) is 0 Å². The van der Waals surface area contributed by atoms with Gasteiger partial charge in [0.15, 0.2) is 5.13 Å². The maximum atomic E-state index is 11.9. The minimum Gasteiger partial charge on any atom is -0.361 e. The summed E-state index contributed by atoms with van der Waals surface area (Å²) >= 11 is 1.37. The second-order valence-electron chi connectivity index (χ2n) is 3.21. The van der Waals surface area contributed by atoms with Crippen molar-refractivity contribution in [3.63, 3.8) is 0 Å². The molecule has 2 aromatic heterocycles. The van der Waals surface area contributed by atoms with Crippen molar-refractivity contribution in [2.24, 2.45) is 0 Å². The van der Waals surface area contributed by atoms with Crippen molar-refractivity contribution in [2.45, 2.75) is 20.3 Å². The molecular weight excluding hydrogens is 226 g/mol. The summed E-state index contributed by atoms with van der Waals surface area (Å²) in [4.78, 5) is 15.9. The summed E-state index contributed by atoms with van der Waals surface area (Å²) < 4.78 is 5.00. The van der Waals surface area contributed by atoms with E-state index >= 15 is 0 Å². The molecular formula is C10H11N3O2S. The molecule has 0 saturated carbocycles. The highest BCUT2D eigenvalue weighted by molar-refractivity contribution is 7.13. The van der Waals surface area contributed by atoms with E-state index in [-0.39, 0.29) is 5.91 Å². The van der Waals surface area contributed by atoms with Crippen molar-refractivity contribution >= 4 is 22.4 Å². The molecule has 0 bridgehead atoms. The fourth-order valence-electron chi connectivity index (χ4n) is 1.40. The number of nitrogens with zero attached hydrogens (tertiary/aromatic N) is 2. The molecule has 1 N–H and O–H groups in total. The Morgan fingerprint density at radius 3 is 3.06 bits per heavy atom. The standard InChI is InChI=1S/C10H11N3O2S/c1-3-7-8(6(2)15-13-7)9(14)12-10-11-4-5-16-10/h4-5H,3H2,1-2H3,(H,11,12,14). The molecule has 0 aliphatic rings. The van der Waals surface area contributed by atoms with Gasteiger partial charge in [-0.25, -0.2) is 4.98 Å². The topological polar surface area (TPSA) is 68.0 Å². The number of hydrogen-bond donors (Lipinski definition) is 1. The van der Waals surface area contributed by atoms with Crippen LogP contribution in [0.5, 0.6) is 0 Å². The SMILES string of the molecule is CCc1noc(C)c1C(=O)Nc1nccs1. The highest BCUT2D eigenvalue weighted by Crippen LogP contribution is 2.17. The van der Waals surface area contributed by atoms with Crippen LogP contribution in [-0.4, -0.2) is 16.0 Å². The van der Waals surface area contributed by atoms with Crippen LogP contribution in [0.3, 0.4) is 0 Å². The first-order chi connectivity index (χ1) is 7.72. The number of hydrogen-bond acceptors (Lipinski definition) is 5. The fourth-order valence-corrected chi connectivity index (χ4v) is 1.92. The molecule has 0 unspecified atom stereocenters. The average Bonchev–Trinajstić information content (AvgIpc) is 2.87. The van der Waals surface area contributed by atoms with Gasteiger partial charge >= 0.3 is 0 Å². The third kappa shape index (κ3) is 1.96. The van der Waals surface area contributed by atoms with E-state index in [2.05, 4.69) is 15.5 Å². The van der Waals surface area contributed by atoms with Crippen molar-refractivity contribution in [3.05, 3.63) is 28.6 Å². The first kappa shape index (κ1) is 10.8. The highest BCUT2D eigenvalue weighted by Gasteiger charge is 2.19. The smallest absolute Gasteiger partial charge is 0.262 e. The predicted molar refractivity (Wildman–Crippen MR) is 60.7 cm³/mol. The Kier molecular flexibility index (Phi) is 3.00. The number of rotatable bonds is 3. The van der Waals surface area contributed by atoms with Gasteiger partial charge in [-0.15, -0.1) is 11.3 Å². The molecule has 0 atom stereocenters. The van der Waals surface area contributed by atoms with Crippen LogP contribution in [0.15, 0.2) is 16.1 Å². The molecule has 2 aromatic rings. The van der Waals surface area contributed by atoms with Gasteiger partial charge < -0.3 is 4.52 Å². The Balaban J connectivity index is 2.23. The summed E-state index contributed by atoms with van der Waals surface area (Å²) in [5, 5.41) is 8.92. The number of carbonyl (C=O) groups is 1. The van der Waals surface area contributed by atoms with Crippen molar-refractivity contribution in [1.82, 2.24) is 10.1 Å². The molecule has 1 amide bonds. The number of amides is 1. The van der Waals surface area contributed by atoms with E-state index in [1.807, 2.05) is 6.92 Å². The maximum Gasteiger partial charge on any atom is 0.262 e. The molecule has 16 heavy (non-hydrogen) atoms. The number of anilines is 1. The number of nitrogens with one attached hydrogen (secondary N) is 1. The largest absolute Gasteiger partial charge is 0.361 e. The van der Waals surface area contributed by atoms with E-state index in [4.69, 9.17) is 4.52 Å². The molecule has 6 heteroatoms. The summed E-state index contributed by atoms with van der Waals surface area (Å²) in [6, 6.07) is 0. The van der Waals surface area contributed by atoms with Crippen LogP contribution in [0.25, 0.3) is 0 Å². The molecule has 0 radical (unpaired) electrons. The highest BCUT2D eigenvalue weighted by atomic mass is 32.1. The lowest BCUT2D eigenvalue weighted by Crippen LogP contribution is -2.14. The quantitative estimate of drug-likeness (QED) is 0.889. The Labute approximate surface area is 96.5 Å². The number of aryl methyl sites for hydroxylation is 2. The summed E-state index contributed by atoms with van der Waals surface area (Å²) in [6.07, 6.45) is 2.31. The van der Waals surface area contributed by atoms with Crippen LogP contribution >= 0.6 is 11.3 Å². The maximum absolute atomic E-state index is 11.9. The minimum absolute atomic E-state index is 0.217. The van der Waals surface area contributed by atoms with E-state index in [0.29, 0.717) is 28.6 Å². The van der Waals surface area contributed by atoms with Crippen LogP contribution in [0.4, 0.5) is 5.13 Å². The van der Waals surface area contributed by atoms with Gasteiger partial charge in [-0.3, -0.25) is 10.1 Å². The molecule has 0 aromatic carbocycles. The molecule has 0 spiro atoms. The van der Waals surface area contributed by atoms with Gasteiger partial charge in [0.25, 0.3) is 5.91 Å². The van der Waals surface area contributed by atoms with Gasteiger partial charge in [0, 0.05) is 11.6 Å². The summed E-state index contributed by atoms with van der Waals surface area (Å²) in [6.45, 7) is 3.65. The second-order valence-corrected chi connectivity index (χ2v) is 4.10. The van der Waals surface area contributed by atoms with E-state index in [1.165, 1.54) is 11.3 Å². The lowest BCUT2D eigenvalue weighted by Gasteiger charge is -2.00. The predicted octanol–water partition coefficient (Wildman–Crippen LogP) is 2.25. The number of carbonyl (C=O) groups excluding carboxylic acids is 1. The monoisotopic (exact) mass is 237 g/mol. The van der Waals surface area contributed by atoms with Crippen LogP contribution in [0.1, 0.15) is 28.7 Å². The van der Waals surface area contributed by atoms with Gasteiger partial charge in [-0.1, -0.05) is 12.1 Å². The van der Waals surface area contributed by atoms with E-state index in [0.717, 1.165) is 0 Å². The van der Waals surface area contributed by atoms with E-state index in [1.54, 1.807) is 18.5 Å². The van der Waals surface area contributed by atoms with Crippen LogP contribution in [0.2, 0.25) is 0 Å². The first-order valence-corrected chi connectivity index (χ1v) is 5.76. The lowest BCUT2D eigenvalue weighted by molar-refractivity contribution is 0.102. The van der Waals surface area contributed by atoms with Crippen LogP contribution < -0.4 is 5.32 Å². The lowest BCUT2D eigenvalue weighted by atomic mass is 10.1. The zero-order chi connectivity index (χ0) is 11.5. The van der Waals surface area contributed by atoms with Crippen molar-refractivity contribution in [3.8, 4) is 0 Å². The summed E-state index contributed by atoms with van der Waals surface area (Å²) in [5.41, 5.74) is 1.18. The normalized spacial score (nSPS) is 10.4. The molecule has 0 aliphatic carbocycles. The molecule has 2 heterocycles. The Bertz CT molecular complexity index is 490. The zero-order valence-corrected chi connectivity index (χ0v) is 9.80. The van der Waals surface area contributed by atoms with E-state index < -0.39 is 0 Å².